The van der Waals surface area contributed by atoms with E-state index < -0.39 is 5.91 Å². The molecule has 0 aliphatic heterocycles. The van der Waals surface area contributed by atoms with Gasteiger partial charge in [-0.15, -0.1) is 0 Å². The fraction of sp³-hybridized carbons (Fsp3) is 0.300. The molecule has 0 heterocycles. The minimum absolute atomic E-state index is 0.0185. The van der Waals surface area contributed by atoms with Gasteiger partial charge in [-0.2, -0.15) is 0 Å². The SMILES string of the molecule is CC(C)Oc1ccc(C(=O)NNC(=O)CCCOc2ccc(Cl)cc2Cl)cc1Br. The Morgan fingerprint density at radius 3 is 2.45 bits per heavy atom. The van der Waals surface area contributed by atoms with Gasteiger partial charge < -0.3 is 9.47 Å². The van der Waals surface area contributed by atoms with Crippen LogP contribution in [0.3, 0.4) is 0 Å². The summed E-state index contributed by atoms with van der Waals surface area (Å²) < 4.78 is 11.8. The fourth-order valence-electron chi connectivity index (χ4n) is 2.26. The van der Waals surface area contributed by atoms with Crippen LogP contribution in [-0.2, 0) is 4.79 Å². The van der Waals surface area contributed by atoms with E-state index in [2.05, 4.69) is 26.8 Å². The van der Waals surface area contributed by atoms with E-state index in [0.29, 0.717) is 44.6 Å². The standard InChI is InChI=1S/C20H21BrCl2N2O4/c1-12(2)29-17-7-5-13(10-15(17)21)20(27)25-24-19(26)4-3-9-28-18-8-6-14(22)11-16(18)23/h5-8,10-12H,3-4,9H2,1-2H3,(H,24,26)(H,25,27). The number of amides is 2. The molecule has 0 atom stereocenters. The molecule has 0 aliphatic rings. The Kier molecular flexibility index (Phi) is 9.07. The molecule has 0 unspecified atom stereocenters. The molecule has 0 aliphatic carbocycles. The van der Waals surface area contributed by atoms with E-state index in [1.54, 1.807) is 36.4 Å². The van der Waals surface area contributed by atoms with E-state index in [9.17, 15) is 9.59 Å². The minimum atomic E-state index is -0.431. The molecular weight excluding hydrogens is 483 g/mol. The van der Waals surface area contributed by atoms with E-state index in [0.717, 1.165) is 0 Å². The highest BCUT2D eigenvalue weighted by molar-refractivity contribution is 9.10. The fourth-order valence-corrected chi connectivity index (χ4v) is 3.20. The molecular formula is C20H21BrCl2N2O4. The van der Waals surface area contributed by atoms with Gasteiger partial charge >= 0.3 is 0 Å². The summed E-state index contributed by atoms with van der Waals surface area (Å²) in [5.41, 5.74) is 5.15. The van der Waals surface area contributed by atoms with Crippen LogP contribution in [0.1, 0.15) is 37.0 Å². The molecule has 2 N–H and O–H groups in total. The quantitative estimate of drug-likeness (QED) is 0.385. The van der Waals surface area contributed by atoms with Crippen molar-refractivity contribution >= 4 is 50.9 Å². The van der Waals surface area contributed by atoms with E-state index in [4.69, 9.17) is 32.7 Å². The summed E-state index contributed by atoms with van der Waals surface area (Å²) in [6.07, 6.45) is 0.647. The first-order valence-corrected chi connectivity index (χ1v) is 10.4. The second-order valence-electron chi connectivity index (χ2n) is 6.34. The Morgan fingerprint density at radius 1 is 1.07 bits per heavy atom. The first kappa shape index (κ1) is 23.3. The summed E-state index contributed by atoms with van der Waals surface area (Å²) in [6, 6.07) is 9.86. The predicted octanol–water partition coefficient (Wildman–Crippen LogP) is 5.16. The lowest BCUT2D eigenvalue weighted by molar-refractivity contribution is -0.122. The molecule has 2 aromatic carbocycles. The molecule has 2 rings (SSSR count). The van der Waals surface area contributed by atoms with Crippen LogP contribution in [0.15, 0.2) is 40.9 Å². The van der Waals surface area contributed by atoms with Gasteiger partial charge in [0, 0.05) is 17.0 Å². The van der Waals surface area contributed by atoms with Crippen molar-refractivity contribution in [1.82, 2.24) is 10.9 Å². The molecule has 0 bridgehead atoms. The molecule has 9 heteroatoms. The Balaban J connectivity index is 1.73. The van der Waals surface area contributed by atoms with Crippen molar-refractivity contribution in [1.29, 1.82) is 0 Å². The maximum Gasteiger partial charge on any atom is 0.269 e. The molecule has 0 radical (unpaired) electrons. The van der Waals surface area contributed by atoms with E-state index in [1.165, 1.54) is 0 Å². The Morgan fingerprint density at radius 2 is 1.79 bits per heavy atom. The highest BCUT2D eigenvalue weighted by atomic mass is 79.9. The maximum absolute atomic E-state index is 12.2. The van der Waals surface area contributed by atoms with E-state index in [-0.39, 0.29) is 18.4 Å². The van der Waals surface area contributed by atoms with Crippen LogP contribution in [-0.4, -0.2) is 24.5 Å². The van der Waals surface area contributed by atoms with Crippen molar-refractivity contribution in [2.75, 3.05) is 6.61 Å². The third-order valence-electron chi connectivity index (χ3n) is 3.57. The zero-order valence-electron chi connectivity index (χ0n) is 15.9. The molecule has 2 aromatic rings. The van der Waals surface area contributed by atoms with Gasteiger partial charge in [-0.05, 0) is 72.6 Å². The van der Waals surface area contributed by atoms with Gasteiger partial charge in [0.25, 0.3) is 5.91 Å². The topological polar surface area (TPSA) is 76.7 Å². The smallest absolute Gasteiger partial charge is 0.269 e. The summed E-state index contributed by atoms with van der Waals surface area (Å²) in [6.45, 7) is 4.13. The van der Waals surface area contributed by atoms with Crippen LogP contribution in [0.4, 0.5) is 0 Å². The van der Waals surface area contributed by atoms with Crippen molar-refractivity contribution in [2.45, 2.75) is 32.8 Å². The monoisotopic (exact) mass is 502 g/mol. The average molecular weight is 504 g/mol. The maximum atomic E-state index is 12.2. The van der Waals surface area contributed by atoms with Gasteiger partial charge in [-0.1, -0.05) is 23.2 Å². The predicted molar refractivity (Wildman–Crippen MR) is 117 cm³/mol. The van der Waals surface area contributed by atoms with Gasteiger partial charge in [-0.25, -0.2) is 0 Å². The minimum Gasteiger partial charge on any atom is -0.492 e. The highest BCUT2D eigenvalue weighted by Crippen LogP contribution is 2.28. The Labute approximate surface area is 188 Å². The van der Waals surface area contributed by atoms with Gasteiger partial charge in [0.05, 0.1) is 22.2 Å². The number of nitrogens with one attached hydrogen (secondary N) is 2. The van der Waals surface area contributed by atoms with Gasteiger partial charge in [0.2, 0.25) is 5.91 Å². The van der Waals surface area contributed by atoms with Crippen molar-refractivity contribution in [3.8, 4) is 11.5 Å². The van der Waals surface area contributed by atoms with Crippen LogP contribution in [0.5, 0.6) is 11.5 Å². The first-order valence-electron chi connectivity index (χ1n) is 8.89. The molecule has 156 valence electrons. The summed E-state index contributed by atoms with van der Waals surface area (Å²) in [4.78, 5) is 24.1. The summed E-state index contributed by atoms with van der Waals surface area (Å²) in [5.74, 6) is 0.379. The zero-order valence-corrected chi connectivity index (χ0v) is 19.0. The number of carbonyl (C=O) groups excluding carboxylic acids is 2. The summed E-state index contributed by atoms with van der Waals surface area (Å²) >= 11 is 15.2. The molecule has 0 spiro atoms. The molecule has 2 amide bonds. The van der Waals surface area contributed by atoms with E-state index in [1.807, 2.05) is 13.8 Å². The molecule has 29 heavy (non-hydrogen) atoms. The van der Waals surface area contributed by atoms with Gasteiger partial charge in [0.1, 0.15) is 11.5 Å². The second-order valence-corrected chi connectivity index (χ2v) is 8.04. The van der Waals surface area contributed by atoms with E-state index >= 15 is 0 Å². The normalized spacial score (nSPS) is 10.6. The Hall–Kier alpha value is -1.96. The molecule has 0 saturated heterocycles. The number of hydrogen-bond acceptors (Lipinski definition) is 4. The lowest BCUT2D eigenvalue weighted by Crippen LogP contribution is -2.41. The third kappa shape index (κ3) is 7.76. The Bertz CT molecular complexity index is 878. The molecule has 0 aromatic heterocycles. The summed E-state index contributed by atoms with van der Waals surface area (Å²) in [5, 5.41) is 0.928. The first-order chi connectivity index (χ1) is 13.8. The van der Waals surface area contributed by atoms with Crippen LogP contribution >= 0.6 is 39.1 Å². The average Bonchev–Trinajstić information content (AvgIpc) is 2.66. The lowest BCUT2D eigenvalue weighted by Gasteiger charge is -2.13. The number of halogens is 3. The molecule has 0 fully saturated rings. The number of rotatable bonds is 8. The van der Waals surface area contributed by atoms with Crippen molar-refractivity contribution < 1.29 is 19.1 Å². The number of benzene rings is 2. The number of hydrazine groups is 1. The lowest BCUT2D eigenvalue weighted by atomic mass is 10.2. The van der Waals surface area contributed by atoms with Crippen molar-refractivity contribution in [3.63, 3.8) is 0 Å². The van der Waals surface area contributed by atoms with Gasteiger partial charge in [-0.3, -0.25) is 20.4 Å². The van der Waals surface area contributed by atoms with Gasteiger partial charge in [0.15, 0.2) is 0 Å². The van der Waals surface area contributed by atoms with Crippen molar-refractivity contribution in [3.05, 3.63) is 56.5 Å². The highest BCUT2D eigenvalue weighted by Gasteiger charge is 2.11. The van der Waals surface area contributed by atoms with Crippen LogP contribution in [0, 0.1) is 0 Å². The summed E-state index contributed by atoms with van der Waals surface area (Å²) in [7, 11) is 0. The molecule has 0 saturated carbocycles. The second kappa shape index (κ2) is 11.3. The largest absolute Gasteiger partial charge is 0.492 e. The van der Waals surface area contributed by atoms with Crippen LogP contribution in [0.2, 0.25) is 10.0 Å². The number of hydrogen-bond donors (Lipinski definition) is 2. The molecule has 6 nitrogen and oxygen atoms in total. The van der Waals surface area contributed by atoms with Crippen LogP contribution < -0.4 is 20.3 Å². The zero-order chi connectivity index (χ0) is 21.4. The number of ether oxygens (including phenoxy) is 2. The van der Waals surface area contributed by atoms with Crippen LogP contribution in [0.25, 0.3) is 0 Å². The number of carbonyl (C=O) groups is 2. The van der Waals surface area contributed by atoms with Crippen molar-refractivity contribution in [2.24, 2.45) is 0 Å². The third-order valence-corrected chi connectivity index (χ3v) is 4.72.